The highest BCUT2D eigenvalue weighted by Gasteiger charge is 2.20. The third-order valence-corrected chi connectivity index (χ3v) is 3.97. The van der Waals surface area contributed by atoms with Crippen molar-refractivity contribution >= 4 is 16.5 Å². The summed E-state index contributed by atoms with van der Waals surface area (Å²) in [5.74, 6) is 1.58. The van der Waals surface area contributed by atoms with Gasteiger partial charge >= 0.3 is 0 Å². The van der Waals surface area contributed by atoms with E-state index in [1.165, 1.54) is 19.4 Å². The van der Waals surface area contributed by atoms with Crippen LogP contribution in [-0.4, -0.2) is 36.4 Å². The van der Waals surface area contributed by atoms with Gasteiger partial charge in [0.1, 0.15) is 5.51 Å². The molecule has 0 radical (unpaired) electrons. The largest absolute Gasteiger partial charge is 0.347 e. The second kappa shape index (κ2) is 6.31. The molecule has 1 aromatic rings. The summed E-state index contributed by atoms with van der Waals surface area (Å²) in [6.45, 7) is 9.07. The molecule has 0 amide bonds. The average molecular weight is 254 g/mol. The Morgan fingerprint density at radius 1 is 1.47 bits per heavy atom. The highest BCUT2D eigenvalue weighted by Crippen LogP contribution is 2.23. The van der Waals surface area contributed by atoms with E-state index < -0.39 is 0 Å². The van der Waals surface area contributed by atoms with Gasteiger partial charge in [-0.15, -0.1) is 10.2 Å². The van der Waals surface area contributed by atoms with E-state index in [4.69, 9.17) is 0 Å². The quantitative estimate of drug-likeness (QED) is 0.872. The molecule has 1 N–H and O–H groups in total. The van der Waals surface area contributed by atoms with E-state index in [2.05, 4.69) is 34.3 Å². The molecule has 1 saturated heterocycles. The summed E-state index contributed by atoms with van der Waals surface area (Å²) in [5.41, 5.74) is 1.81. The lowest BCUT2D eigenvalue weighted by atomic mass is 9.97. The standard InChI is InChI=1S/C12H22N4S/c1-10(2)7-13-8-11-3-5-16(6-4-11)12-15-14-9-17-12/h9-11,13H,3-8H2,1-2H3. The fourth-order valence-electron chi connectivity index (χ4n) is 2.21. The monoisotopic (exact) mass is 254 g/mol. The molecule has 1 aliphatic rings. The van der Waals surface area contributed by atoms with Crippen LogP contribution in [0.1, 0.15) is 26.7 Å². The summed E-state index contributed by atoms with van der Waals surface area (Å²) in [7, 11) is 0. The topological polar surface area (TPSA) is 41.0 Å². The van der Waals surface area contributed by atoms with Crippen LogP contribution in [0.4, 0.5) is 5.13 Å². The molecule has 1 aromatic heterocycles. The minimum Gasteiger partial charge on any atom is -0.347 e. The van der Waals surface area contributed by atoms with Crippen molar-refractivity contribution in [3.63, 3.8) is 0 Å². The molecule has 5 heteroatoms. The number of nitrogens with zero attached hydrogens (tertiary/aromatic N) is 3. The smallest absolute Gasteiger partial charge is 0.208 e. The fraction of sp³-hybridized carbons (Fsp3) is 0.833. The number of hydrogen-bond acceptors (Lipinski definition) is 5. The molecule has 1 fully saturated rings. The molecule has 0 unspecified atom stereocenters. The first kappa shape index (κ1) is 12.8. The zero-order valence-electron chi connectivity index (χ0n) is 10.7. The SMILES string of the molecule is CC(C)CNCC1CCN(c2nncs2)CC1. The van der Waals surface area contributed by atoms with Crippen LogP contribution in [0.25, 0.3) is 0 Å². The Balaban J connectivity index is 1.68. The van der Waals surface area contributed by atoms with Gasteiger partial charge in [-0.05, 0) is 37.8 Å². The Bertz CT molecular complexity index is 304. The minimum atomic E-state index is 0.747. The Morgan fingerprint density at radius 2 is 2.24 bits per heavy atom. The van der Waals surface area contributed by atoms with Gasteiger partial charge in [0.2, 0.25) is 5.13 Å². The maximum Gasteiger partial charge on any atom is 0.208 e. The van der Waals surface area contributed by atoms with Gasteiger partial charge in [-0.1, -0.05) is 25.2 Å². The molecular weight excluding hydrogens is 232 g/mol. The molecule has 17 heavy (non-hydrogen) atoms. The maximum atomic E-state index is 4.13. The second-order valence-electron chi connectivity index (χ2n) is 5.20. The van der Waals surface area contributed by atoms with Gasteiger partial charge in [-0.3, -0.25) is 0 Å². The zero-order chi connectivity index (χ0) is 12.1. The van der Waals surface area contributed by atoms with Crippen molar-refractivity contribution in [2.75, 3.05) is 31.1 Å². The van der Waals surface area contributed by atoms with Crippen LogP contribution >= 0.6 is 11.3 Å². The Labute approximate surface area is 107 Å². The van der Waals surface area contributed by atoms with Crippen molar-refractivity contribution in [2.45, 2.75) is 26.7 Å². The van der Waals surface area contributed by atoms with E-state index >= 15 is 0 Å². The molecular formula is C12H22N4S. The van der Waals surface area contributed by atoms with E-state index in [1.54, 1.807) is 11.3 Å². The Hall–Kier alpha value is -0.680. The van der Waals surface area contributed by atoms with Gasteiger partial charge in [0.15, 0.2) is 0 Å². The van der Waals surface area contributed by atoms with Crippen molar-refractivity contribution in [3.8, 4) is 0 Å². The van der Waals surface area contributed by atoms with Gasteiger partial charge in [0, 0.05) is 13.1 Å². The maximum absolute atomic E-state index is 4.13. The number of piperidine rings is 1. The zero-order valence-corrected chi connectivity index (χ0v) is 11.5. The van der Waals surface area contributed by atoms with Crippen LogP contribution in [0.2, 0.25) is 0 Å². The van der Waals surface area contributed by atoms with Crippen molar-refractivity contribution < 1.29 is 0 Å². The van der Waals surface area contributed by atoms with Gasteiger partial charge in [0.05, 0.1) is 0 Å². The van der Waals surface area contributed by atoms with E-state index in [1.807, 2.05) is 5.51 Å². The fourth-order valence-corrected chi connectivity index (χ4v) is 2.82. The van der Waals surface area contributed by atoms with Crippen LogP contribution in [-0.2, 0) is 0 Å². The molecule has 4 nitrogen and oxygen atoms in total. The lowest BCUT2D eigenvalue weighted by molar-refractivity contribution is 0.373. The first-order valence-corrected chi connectivity index (χ1v) is 7.35. The first-order valence-electron chi connectivity index (χ1n) is 6.47. The van der Waals surface area contributed by atoms with Crippen LogP contribution in [0.15, 0.2) is 5.51 Å². The van der Waals surface area contributed by atoms with Gasteiger partial charge in [-0.25, -0.2) is 0 Å². The molecule has 0 aromatic carbocycles. The Morgan fingerprint density at radius 3 is 2.82 bits per heavy atom. The normalized spacial score (nSPS) is 17.9. The lowest BCUT2D eigenvalue weighted by Gasteiger charge is -2.31. The summed E-state index contributed by atoms with van der Waals surface area (Å²) < 4.78 is 0. The number of nitrogens with one attached hydrogen (secondary N) is 1. The van der Waals surface area contributed by atoms with E-state index in [0.29, 0.717) is 0 Å². The molecule has 0 saturated carbocycles. The number of hydrogen-bond donors (Lipinski definition) is 1. The molecule has 0 spiro atoms. The molecule has 0 bridgehead atoms. The number of anilines is 1. The molecule has 2 heterocycles. The van der Waals surface area contributed by atoms with E-state index in [9.17, 15) is 0 Å². The van der Waals surface area contributed by atoms with Crippen LogP contribution < -0.4 is 10.2 Å². The molecule has 96 valence electrons. The first-order chi connectivity index (χ1) is 8.25. The average Bonchev–Trinajstić information content (AvgIpc) is 2.83. The lowest BCUT2D eigenvalue weighted by Crippen LogP contribution is -2.37. The van der Waals surface area contributed by atoms with Crippen LogP contribution in [0, 0.1) is 11.8 Å². The summed E-state index contributed by atoms with van der Waals surface area (Å²) in [6, 6.07) is 0. The highest BCUT2D eigenvalue weighted by atomic mass is 32.1. The predicted octanol–water partition coefficient (Wildman–Crippen LogP) is 2.00. The summed E-state index contributed by atoms with van der Waals surface area (Å²) >= 11 is 1.64. The number of aromatic nitrogens is 2. The second-order valence-corrected chi connectivity index (χ2v) is 6.02. The van der Waals surface area contributed by atoms with Gasteiger partial charge in [-0.2, -0.15) is 0 Å². The van der Waals surface area contributed by atoms with Crippen molar-refractivity contribution in [1.82, 2.24) is 15.5 Å². The van der Waals surface area contributed by atoms with Gasteiger partial charge < -0.3 is 10.2 Å². The molecule has 2 rings (SSSR count). The highest BCUT2D eigenvalue weighted by molar-refractivity contribution is 7.13. The summed E-state index contributed by atoms with van der Waals surface area (Å²) in [5, 5.41) is 12.7. The van der Waals surface area contributed by atoms with Crippen molar-refractivity contribution in [1.29, 1.82) is 0 Å². The summed E-state index contributed by atoms with van der Waals surface area (Å²) in [6.07, 6.45) is 2.54. The third kappa shape index (κ3) is 3.92. The molecule has 1 aliphatic heterocycles. The predicted molar refractivity (Wildman–Crippen MR) is 72.6 cm³/mol. The third-order valence-electron chi connectivity index (χ3n) is 3.22. The van der Waals surface area contributed by atoms with Crippen molar-refractivity contribution in [2.24, 2.45) is 11.8 Å². The number of rotatable bonds is 5. The van der Waals surface area contributed by atoms with Crippen molar-refractivity contribution in [3.05, 3.63) is 5.51 Å². The molecule has 0 aliphatic carbocycles. The molecule has 0 atom stereocenters. The Kier molecular flexibility index (Phi) is 4.74. The van der Waals surface area contributed by atoms with Crippen LogP contribution in [0.3, 0.4) is 0 Å². The van der Waals surface area contributed by atoms with E-state index in [0.717, 1.165) is 36.6 Å². The van der Waals surface area contributed by atoms with Gasteiger partial charge in [0.25, 0.3) is 0 Å². The van der Waals surface area contributed by atoms with Crippen LogP contribution in [0.5, 0.6) is 0 Å². The van der Waals surface area contributed by atoms with E-state index in [-0.39, 0.29) is 0 Å². The minimum absolute atomic E-state index is 0.747. The summed E-state index contributed by atoms with van der Waals surface area (Å²) in [4.78, 5) is 2.36.